The fraction of sp³-hybridized carbons (Fsp3) is 0.303. The number of rotatable bonds is 2. The van der Waals surface area contributed by atoms with E-state index in [4.69, 9.17) is 41.3 Å². The monoisotopic (exact) mass is 884 g/mol. The van der Waals surface area contributed by atoms with Gasteiger partial charge in [0, 0.05) is 49.9 Å². The average molecular weight is 885 g/mol. The first-order chi connectivity index (χ1) is 27.8. The number of carbonyl (C=O) groups is 4. The molecule has 2 aliphatic heterocycles. The van der Waals surface area contributed by atoms with E-state index in [2.05, 4.69) is 45.8 Å². The Morgan fingerprint density at radius 3 is 1.83 bits per heavy atom. The fourth-order valence-electron chi connectivity index (χ4n) is 4.69. The lowest BCUT2D eigenvalue weighted by molar-refractivity contribution is -0.193. The molecule has 0 aliphatic carbocycles. The molecular weight excluding hydrogens is 855 g/mol. The van der Waals surface area contributed by atoms with Crippen LogP contribution in [-0.2, 0) is 27.2 Å². The van der Waals surface area contributed by atoms with E-state index < -0.39 is 36.4 Å². The number of pyridine rings is 1. The lowest BCUT2D eigenvalue weighted by atomic mass is 10.0. The molecule has 324 valence electrons. The number of aryl methyl sites for hydroxylation is 3. The summed E-state index contributed by atoms with van der Waals surface area (Å²) in [5, 5.41) is 31.4. The van der Waals surface area contributed by atoms with Crippen molar-refractivity contribution in [2.45, 2.75) is 38.3 Å². The van der Waals surface area contributed by atoms with Crippen molar-refractivity contribution in [2.24, 2.45) is 0 Å². The number of anilines is 6. The van der Waals surface area contributed by atoms with E-state index in [1.807, 2.05) is 42.3 Å². The number of hydrogen-bond donors (Lipinski definition) is 6. The largest absolute Gasteiger partial charge is 0.490 e. The molecule has 6 bridgehead atoms. The minimum Gasteiger partial charge on any atom is -0.475 e. The molecule has 0 radical (unpaired) electrons. The highest BCUT2D eigenvalue weighted by molar-refractivity contribution is 6.32. The van der Waals surface area contributed by atoms with Crippen molar-refractivity contribution in [2.75, 3.05) is 47.0 Å². The molecule has 6 N–H and O–H groups in total. The summed E-state index contributed by atoms with van der Waals surface area (Å²) >= 11 is 6.38. The van der Waals surface area contributed by atoms with Crippen molar-refractivity contribution in [1.29, 1.82) is 0 Å². The Kier molecular flexibility index (Phi) is 16.1. The van der Waals surface area contributed by atoms with E-state index in [0.717, 1.165) is 46.1 Å². The number of alkyl halides is 9. The van der Waals surface area contributed by atoms with E-state index in [0.29, 0.717) is 49.4 Å². The zero-order valence-electron chi connectivity index (χ0n) is 30.3. The summed E-state index contributed by atoms with van der Waals surface area (Å²) in [4.78, 5) is 65.9. The molecule has 5 heterocycles. The molecule has 0 unspecified atom stereocenters. The molecule has 3 aromatic heterocycles. The van der Waals surface area contributed by atoms with Gasteiger partial charge in [-0.3, -0.25) is 9.97 Å². The zero-order chi connectivity index (χ0) is 45.0. The number of hydrogen-bond acceptors (Lipinski definition) is 12. The number of carboxylic acids is 3. The number of aliphatic carboxylic acids is 3. The van der Waals surface area contributed by atoms with E-state index in [1.165, 1.54) is 0 Å². The van der Waals surface area contributed by atoms with Crippen molar-refractivity contribution < 1.29 is 74.0 Å². The molecule has 17 nitrogen and oxygen atoms in total. The van der Waals surface area contributed by atoms with Gasteiger partial charge in [0.2, 0.25) is 5.95 Å². The summed E-state index contributed by atoms with van der Waals surface area (Å²) in [6.45, 7) is 4.50. The smallest absolute Gasteiger partial charge is 0.475 e. The highest BCUT2D eigenvalue weighted by Crippen LogP contribution is 2.30. The van der Waals surface area contributed by atoms with Crippen LogP contribution in [0.3, 0.4) is 0 Å². The van der Waals surface area contributed by atoms with Gasteiger partial charge >= 0.3 is 42.5 Å². The third kappa shape index (κ3) is 15.2. The van der Waals surface area contributed by atoms with Crippen molar-refractivity contribution in [1.82, 2.24) is 29.8 Å². The van der Waals surface area contributed by atoms with Gasteiger partial charge in [0.25, 0.3) is 0 Å². The molecule has 6 rings (SSSR count). The normalized spacial score (nSPS) is 13.5. The van der Waals surface area contributed by atoms with Gasteiger partial charge in [0.1, 0.15) is 10.8 Å². The number of urea groups is 1. The molecule has 60 heavy (non-hydrogen) atoms. The van der Waals surface area contributed by atoms with Gasteiger partial charge in [-0.25, -0.2) is 29.1 Å². The van der Waals surface area contributed by atoms with Crippen LogP contribution >= 0.6 is 11.6 Å². The first-order valence-corrected chi connectivity index (χ1v) is 16.8. The summed E-state index contributed by atoms with van der Waals surface area (Å²) in [6.07, 6.45) is -5.18. The standard InChI is InChI=1S/C27H27ClN10O.3C2HF3O2/c1-17-12-29-16-24(32-17)37-6-8-38(9-7-37)27(39)35-23-5-4-20-11-19(23)3-2-18-10-21(14-30-13-18)34-26-31-15-22(28)25(33-20)36-26;3*3-2(4,5)1(6)7/h4-5,10-16H,2-3,6-9H2,1H3,(H,35,39)(H2,31,33,34,36);3*(H,6,7). The second kappa shape index (κ2) is 20.3. The van der Waals surface area contributed by atoms with Crippen molar-refractivity contribution in [3.8, 4) is 0 Å². The van der Waals surface area contributed by atoms with Crippen LogP contribution in [0.2, 0.25) is 5.02 Å². The molecule has 1 fully saturated rings. The second-order valence-electron chi connectivity index (χ2n) is 11.9. The lowest BCUT2D eigenvalue weighted by Crippen LogP contribution is -2.50. The maximum atomic E-state index is 13.3. The molecule has 0 saturated carbocycles. The Labute approximate surface area is 336 Å². The number of fused-ring (bicyclic) bond motifs is 6. The van der Waals surface area contributed by atoms with Crippen LogP contribution in [0.15, 0.2) is 55.2 Å². The highest BCUT2D eigenvalue weighted by Gasteiger charge is 2.39. The second-order valence-corrected chi connectivity index (χ2v) is 12.3. The Bertz CT molecular complexity index is 2100. The third-order valence-electron chi connectivity index (χ3n) is 7.45. The predicted octanol–water partition coefficient (Wildman–Crippen LogP) is 6.46. The number of nitrogens with zero attached hydrogens (tertiary/aromatic N) is 7. The van der Waals surface area contributed by atoms with Crippen LogP contribution < -0.4 is 20.9 Å². The Balaban J connectivity index is 0.000000377. The van der Waals surface area contributed by atoms with Gasteiger partial charge in [-0.2, -0.15) is 44.5 Å². The van der Waals surface area contributed by atoms with Gasteiger partial charge in [-0.05, 0) is 55.2 Å². The minimum atomic E-state index is -5.08. The summed E-state index contributed by atoms with van der Waals surface area (Å²) < 4.78 is 95.2. The topological polar surface area (TPSA) is 236 Å². The summed E-state index contributed by atoms with van der Waals surface area (Å²) in [5.74, 6) is -6.53. The van der Waals surface area contributed by atoms with Gasteiger partial charge in [0.05, 0.1) is 30.0 Å². The predicted molar refractivity (Wildman–Crippen MR) is 192 cm³/mol. The van der Waals surface area contributed by atoms with Crippen molar-refractivity contribution >= 4 is 70.2 Å². The molecule has 0 spiro atoms. The molecule has 1 aromatic carbocycles. The van der Waals surface area contributed by atoms with Crippen LogP contribution in [0.4, 0.5) is 79.0 Å². The Morgan fingerprint density at radius 1 is 0.717 bits per heavy atom. The molecule has 27 heteroatoms. The number of carbonyl (C=O) groups excluding carboxylic acids is 1. The van der Waals surface area contributed by atoms with Crippen molar-refractivity contribution in [3.05, 3.63) is 77.1 Å². The van der Waals surface area contributed by atoms with Gasteiger partial charge in [0.15, 0.2) is 5.82 Å². The molecule has 1 saturated heterocycles. The number of nitrogens with one attached hydrogen (secondary N) is 3. The van der Waals surface area contributed by atoms with E-state index >= 15 is 0 Å². The number of halogens is 10. The quantitative estimate of drug-likeness (QED) is 0.119. The van der Waals surface area contributed by atoms with Crippen molar-refractivity contribution in [3.63, 3.8) is 0 Å². The van der Waals surface area contributed by atoms with Crippen LogP contribution in [0, 0.1) is 6.92 Å². The number of aromatic nitrogens is 5. The average Bonchev–Trinajstić information content (AvgIpc) is 3.16. The van der Waals surface area contributed by atoms with E-state index in [1.54, 1.807) is 24.8 Å². The first-order valence-electron chi connectivity index (χ1n) is 16.5. The van der Waals surface area contributed by atoms with Gasteiger partial charge < -0.3 is 41.1 Å². The summed E-state index contributed by atoms with van der Waals surface area (Å²) in [6, 6.07) is 7.74. The summed E-state index contributed by atoms with van der Waals surface area (Å²) in [5.41, 5.74) is 5.29. The lowest BCUT2D eigenvalue weighted by Gasteiger charge is -2.35. The highest BCUT2D eigenvalue weighted by atomic mass is 35.5. The van der Waals surface area contributed by atoms with Crippen LogP contribution in [0.5, 0.6) is 0 Å². The minimum absolute atomic E-state index is 0.124. The van der Waals surface area contributed by atoms with Crippen LogP contribution in [-0.4, -0.2) is 114 Å². The molecule has 4 aromatic rings. The number of amides is 2. The van der Waals surface area contributed by atoms with E-state index in [9.17, 15) is 44.3 Å². The first kappa shape index (κ1) is 47.6. The maximum Gasteiger partial charge on any atom is 0.490 e. The van der Waals surface area contributed by atoms with E-state index in [-0.39, 0.29) is 6.03 Å². The molecule has 2 amide bonds. The SMILES string of the molecule is Cc1cncc(N2CCN(C(=O)Nc3ccc4cc3CCc3cncc(c3)Nc3ncc(Cl)c(n3)N4)CC2)n1.O=C(O)C(F)(F)F.O=C(O)C(F)(F)F.O=C(O)C(F)(F)F. The van der Waals surface area contributed by atoms with Crippen LogP contribution in [0.1, 0.15) is 16.8 Å². The summed E-state index contributed by atoms with van der Waals surface area (Å²) in [7, 11) is 0. The molecule has 2 aliphatic rings. The number of carboxylic acid groups (broad SMARTS) is 3. The van der Waals surface area contributed by atoms with Gasteiger partial charge in [-0.1, -0.05) is 11.6 Å². The molecule has 0 atom stereocenters. The number of benzene rings is 1. The molecular formula is C33H30ClF9N10O7. The zero-order valence-corrected chi connectivity index (χ0v) is 31.1. The fourth-order valence-corrected chi connectivity index (χ4v) is 4.83. The Morgan fingerprint density at radius 2 is 1.28 bits per heavy atom. The number of piperazine rings is 1. The van der Waals surface area contributed by atoms with Crippen LogP contribution in [0.25, 0.3) is 0 Å². The maximum absolute atomic E-state index is 13.3. The van der Waals surface area contributed by atoms with Gasteiger partial charge in [-0.15, -0.1) is 0 Å². The Hall–Kier alpha value is -6.73. The third-order valence-corrected chi connectivity index (χ3v) is 7.72.